The van der Waals surface area contributed by atoms with E-state index in [1.165, 1.54) is 6.07 Å². The van der Waals surface area contributed by atoms with Crippen LogP contribution in [0.1, 0.15) is 29.0 Å². The molecule has 132 valence electrons. The van der Waals surface area contributed by atoms with E-state index in [2.05, 4.69) is 21.2 Å². The van der Waals surface area contributed by atoms with Gasteiger partial charge in [-0.2, -0.15) is 10.2 Å². The molecule has 3 aromatic rings. The molecule has 1 aromatic heterocycles. The van der Waals surface area contributed by atoms with Crippen molar-refractivity contribution < 1.29 is 8.78 Å². The molecule has 1 atom stereocenters. The van der Waals surface area contributed by atoms with Gasteiger partial charge in [-0.15, -0.1) is 0 Å². The molecule has 4 rings (SSSR count). The Morgan fingerprint density at radius 3 is 2.73 bits per heavy atom. The van der Waals surface area contributed by atoms with E-state index >= 15 is 0 Å². The number of hydrogen-bond donors (Lipinski definition) is 0. The van der Waals surface area contributed by atoms with Crippen molar-refractivity contribution in [1.82, 2.24) is 15.1 Å². The van der Waals surface area contributed by atoms with Gasteiger partial charge in [0.05, 0.1) is 5.69 Å². The average molecular weight is 351 g/mol. The van der Waals surface area contributed by atoms with E-state index in [-0.39, 0.29) is 5.92 Å². The smallest absolute Gasteiger partial charge is 0.162 e. The van der Waals surface area contributed by atoms with E-state index in [9.17, 15) is 8.78 Å². The fourth-order valence-electron chi connectivity index (χ4n) is 3.68. The monoisotopic (exact) mass is 351 g/mol. The lowest BCUT2D eigenvalue weighted by Gasteiger charge is -2.19. The van der Waals surface area contributed by atoms with Gasteiger partial charge >= 0.3 is 0 Å². The molecule has 26 heavy (non-hydrogen) atoms. The van der Waals surface area contributed by atoms with Gasteiger partial charge < -0.3 is 4.90 Å². The van der Waals surface area contributed by atoms with Crippen molar-refractivity contribution in [2.75, 3.05) is 13.6 Å². The molecular formula is C21H19F2N3. The molecule has 2 heterocycles. The standard InChI is InChI=1S/C21H19F2N3/c1-26-11-9-17(18-4-2-5-19(22)21(18)23)16-8-7-14(12-15(16)13-26)20-6-3-10-24-25-20/h2-8,10,12,17H,9,11,13H2,1H3. The maximum absolute atomic E-state index is 14.4. The maximum Gasteiger partial charge on any atom is 0.162 e. The largest absolute Gasteiger partial charge is 0.302 e. The third-order valence-corrected chi connectivity index (χ3v) is 4.98. The summed E-state index contributed by atoms with van der Waals surface area (Å²) in [5.74, 6) is -1.70. The number of hydrogen-bond acceptors (Lipinski definition) is 3. The molecular weight excluding hydrogens is 332 g/mol. The van der Waals surface area contributed by atoms with E-state index in [0.29, 0.717) is 5.56 Å². The van der Waals surface area contributed by atoms with Crippen molar-refractivity contribution in [2.24, 2.45) is 0 Å². The summed E-state index contributed by atoms with van der Waals surface area (Å²) in [7, 11) is 2.04. The second-order valence-electron chi connectivity index (χ2n) is 6.74. The van der Waals surface area contributed by atoms with Crippen LogP contribution in [0.2, 0.25) is 0 Å². The second-order valence-corrected chi connectivity index (χ2v) is 6.74. The predicted molar refractivity (Wildman–Crippen MR) is 96.6 cm³/mol. The number of nitrogens with zero attached hydrogens (tertiary/aromatic N) is 3. The topological polar surface area (TPSA) is 29.0 Å². The van der Waals surface area contributed by atoms with Crippen LogP contribution >= 0.6 is 0 Å². The Kier molecular flexibility index (Phi) is 4.47. The van der Waals surface area contributed by atoms with Gasteiger partial charge in [0.1, 0.15) is 0 Å². The highest BCUT2D eigenvalue weighted by Gasteiger charge is 2.26. The van der Waals surface area contributed by atoms with Crippen molar-refractivity contribution in [1.29, 1.82) is 0 Å². The van der Waals surface area contributed by atoms with Gasteiger partial charge in [0.25, 0.3) is 0 Å². The fourth-order valence-corrected chi connectivity index (χ4v) is 3.68. The third-order valence-electron chi connectivity index (χ3n) is 4.98. The maximum atomic E-state index is 14.4. The summed E-state index contributed by atoms with van der Waals surface area (Å²) in [5.41, 5.74) is 4.36. The molecule has 0 aliphatic carbocycles. The molecule has 3 nitrogen and oxygen atoms in total. The van der Waals surface area contributed by atoms with Crippen LogP contribution in [-0.4, -0.2) is 28.7 Å². The summed E-state index contributed by atoms with van der Waals surface area (Å²) in [6, 6.07) is 14.3. The van der Waals surface area contributed by atoms with Gasteiger partial charge in [-0.3, -0.25) is 0 Å². The minimum absolute atomic E-state index is 0.165. The lowest BCUT2D eigenvalue weighted by Crippen LogP contribution is -2.17. The van der Waals surface area contributed by atoms with Crippen LogP contribution < -0.4 is 0 Å². The quantitative estimate of drug-likeness (QED) is 0.686. The second kappa shape index (κ2) is 6.92. The van der Waals surface area contributed by atoms with Crippen LogP contribution in [0.15, 0.2) is 54.7 Å². The van der Waals surface area contributed by atoms with Crippen LogP contribution in [0.3, 0.4) is 0 Å². The summed E-state index contributed by atoms with van der Waals surface area (Å²) in [6.45, 7) is 1.58. The zero-order valence-electron chi connectivity index (χ0n) is 14.5. The predicted octanol–water partition coefficient (Wildman–Crippen LogP) is 4.39. The highest BCUT2D eigenvalue weighted by Crippen LogP contribution is 2.37. The Bertz CT molecular complexity index is 928. The Labute approximate surface area is 151 Å². The van der Waals surface area contributed by atoms with E-state index < -0.39 is 11.6 Å². The van der Waals surface area contributed by atoms with Crippen LogP contribution in [0, 0.1) is 11.6 Å². The number of benzene rings is 2. The molecule has 0 saturated heterocycles. The third kappa shape index (κ3) is 3.10. The highest BCUT2D eigenvalue weighted by molar-refractivity contribution is 5.61. The lowest BCUT2D eigenvalue weighted by molar-refractivity contribution is 0.327. The SMILES string of the molecule is CN1CCC(c2cccc(F)c2F)c2ccc(-c3cccnn3)cc2C1. The lowest BCUT2D eigenvalue weighted by atomic mass is 9.85. The van der Waals surface area contributed by atoms with Crippen LogP contribution in [0.4, 0.5) is 8.78 Å². The summed E-state index contributed by atoms with van der Waals surface area (Å²) in [6.07, 6.45) is 2.39. The summed E-state index contributed by atoms with van der Waals surface area (Å²) < 4.78 is 28.2. The molecule has 0 N–H and O–H groups in total. The van der Waals surface area contributed by atoms with Crippen LogP contribution in [-0.2, 0) is 6.54 Å². The first-order chi connectivity index (χ1) is 12.6. The van der Waals surface area contributed by atoms with E-state index in [4.69, 9.17) is 0 Å². The molecule has 5 heteroatoms. The van der Waals surface area contributed by atoms with Crippen molar-refractivity contribution in [2.45, 2.75) is 18.9 Å². The summed E-state index contributed by atoms with van der Waals surface area (Å²) in [4.78, 5) is 2.20. The van der Waals surface area contributed by atoms with Crippen LogP contribution in [0.25, 0.3) is 11.3 Å². The summed E-state index contributed by atoms with van der Waals surface area (Å²) >= 11 is 0. The molecule has 0 fully saturated rings. The number of fused-ring (bicyclic) bond motifs is 1. The molecule has 0 bridgehead atoms. The van der Waals surface area contributed by atoms with Crippen molar-refractivity contribution in [3.05, 3.63) is 83.1 Å². The molecule has 1 aliphatic heterocycles. The van der Waals surface area contributed by atoms with E-state index in [1.807, 2.05) is 31.3 Å². The normalized spacial score (nSPS) is 17.6. The van der Waals surface area contributed by atoms with Gasteiger partial charge in [0.15, 0.2) is 11.6 Å². The molecule has 0 spiro atoms. The first kappa shape index (κ1) is 16.8. The fraction of sp³-hybridized carbons (Fsp3) is 0.238. The van der Waals surface area contributed by atoms with Crippen molar-refractivity contribution in [3.8, 4) is 11.3 Å². The molecule has 0 saturated carbocycles. The van der Waals surface area contributed by atoms with Gasteiger partial charge in [0, 0.05) is 24.2 Å². The van der Waals surface area contributed by atoms with Gasteiger partial charge in [-0.25, -0.2) is 8.78 Å². The van der Waals surface area contributed by atoms with Crippen molar-refractivity contribution >= 4 is 0 Å². The van der Waals surface area contributed by atoms with Gasteiger partial charge in [-0.05, 0) is 61.0 Å². The zero-order chi connectivity index (χ0) is 18.1. The summed E-state index contributed by atoms with van der Waals surface area (Å²) in [5, 5.41) is 8.11. The number of halogens is 2. The molecule has 0 amide bonds. The first-order valence-electron chi connectivity index (χ1n) is 8.67. The average Bonchev–Trinajstić information content (AvgIpc) is 2.82. The molecule has 2 aromatic carbocycles. The minimum Gasteiger partial charge on any atom is -0.302 e. The Balaban J connectivity index is 1.82. The molecule has 1 unspecified atom stereocenters. The highest BCUT2D eigenvalue weighted by atomic mass is 19.2. The van der Waals surface area contributed by atoms with Gasteiger partial charge in [-0.1, -0.05) is 24.3 Å². The Morgan fingerprint density at radius 2 is 1.92 bits per heavy atom. The van der Waals surface area contributed by atoms with Crippen molar-refractivity contribution in [3.63, 3.8) is 0 Å². The number of aromatic nitrogens is 2. The van der Waals surface area contributed by atoms with E-state index in [1.54, 1.807) is 18.3 Å². The number of rotatable bonds is 2. The zero-order valence-corrected chi connectivity index (χ0v) is 14.5. The van der Waals surface area contributed by atoms with Crippen LogP contribution in [0.5, 0.6) is 0 Å². The first-order valence-corrected chi connectivity index (χ1v) is 8.67. The Hall–Kier alpha value is -2.66. The van der Waals surface area contributed by atoms with E-state index in [0.717, 1.165) is 41.9 Å². The Morgan fingerprint density at radius 1 is 1.04 bits per heavy atom. The molecule has 0 radical (unpaired) electrons. The van der Waals surface area contributed by atoms with Gasteiger partial charge in [0.2, 0.25) is 0 Å². The molecule has 1 aliphatic rings. The minimum atomic E-state index is -0.794.